The second kappa shape index (κ2) is 8.02. The highest BCUT2D eigenvalue weighted by Crippen LogP contribution is 2.40. The van der Waals surface area contributed by atoms with Crippen LogP contribution in [0.5, 0.6) is 0 Å². The Morgan fingerprint density at radius 3 is 2.13 bits per heavy atom. The fraction of sp³-hybridized carbons (Fsp3) is 0.381. The van der Waals surface area contributed by atoms with Crippen LogP contribution in [0.25, 0.3) is 0 Å². The fourth-order valence-corrected chi connectivity index (χ4v) is 3.51. The van der Waals surface area contributed by atoms with E-state index in [1.54, 1.807) is 24.3 Å². The average molecular weight is 484 g/mol. The van der Waals surface area contributed by atoms with Gasteiger partial charge >= 0.3 is 13.3 Å². The van der Waals surface area contributed by atoms with Gasteiger partial charge in [0, 0.05) is 4.47 Å². The summed E-state index contributed by atoms with van der Waals surface area (Å²) in [5.74, 6) is -1.39. The van der Waals surface area contributed by atoms with Gasteiger partial charge < -0.3 is 14.6 Å². The van der Waals surface area contributed by atoms with Crippen LogP contribution in [-0.4, -0.2) is 24.2 Å². The monoisotopic (exact) mass is 483 g/mol. The normalized spacial score (nSPS) is 18.9. The molecule has 4 nitrogen and oxygen atoms in total. The van der Waals surface area contributed by atoms with Crippen LogP contribution in [-0.2, 0) is 15.5 Å². The van der Waals surface area contributed by atoms with Gasteiger partial charge in [-0.1, -0.05) is 30.3 Å². The number of hydrogen-bond donors (Lipinski definition) is 1. The molecule has 0 aliphatic carbocycles. The molecule has 30 heavy (non-hydrogen) atoms. The average Bonchev–Trinajstić information content (AvgIpc) is 2.86. The highest BCUT2D eigenvalue weighted by molar-refractivity contribution is 9.10. The Morgan fingerprint density at radius 2 is 1.60 bits per heavy atom. The molecule has 1 fully saturated rings. The van der Waals surface area contributed by atoms with E-state index < -0.39 is 41.9 Å². The van der Waals surface area contributed by atoms with Gasteiger partial charge in [0.05, 0.1) is 28.3 Å². The molecule has 0 unspecified atom stereocenters. The van der Waals surface area contributed by atoms with E-state index in [-0.39, 0.29) is 10.0 Å². The molecular weight excluding hydrogens is 462 g/mol. The van der Waals surface area contributed by atoms with Crippen molar-refractivity contribution in [2.24, 2.45) is 0 Å². The molecule has 1 aliphatic rings. The standard InChI is InChI=1S/C21H22BBrF3NO3/c1-19(2)20(3,4)30-22(29-19)17(13-8-6-5-7-9-13)27-18(28)15-12-14(21(24,25)26)10-11-16(15)23/h5-12,17H,1-4H3,(H,27,28)/t17-/m0/s1. The topological polar surface area (TPSA) is 47.6 Å². The van der Waals surface area contributed by atoms with Crippen molar-refractivity contribution in [2.45, 2.75) is 51.0 Å². The van der Waals surface area contributed by atoms with Gasteiger partial charge in [-0.05, 0) is 67.4 Å². The molecule has 2 aromatic carbocycles. The van der Waals surface area contributed by atoms with Crippen molar-refractivity contribution in [1.82, 2.24) is 5.32 Å². The quantitative estimate of drug-likeness (QED) is 0.578. The summed E-state index contributed by atoms with van der Waals surface area (Å²) in [6, 6.07) is 12.0. The van der Waals surface area contributed by atoms with Crippen LogP contribution in [0.2, 0.25) is 0 Å². The lowest BCUT2D eigenvalue weighted by atomic mass is 9.74. The van der Waals surface area contributed by atoms with Crippen molar-refractivity contribution >= 4 is 29.0 Å². The summed E-state index contributed by atoms with van der Waals surface area (Å²) in [6.07, 6.45) is -4.56. The minimum absolute atomic E-state index is 0.123. The third kappa shape index (κ3) is 4.58. The minimum atomic E-state index is -4.56. The van der Waals surface area contributed by atoms with E-state index in [9.17, 15) is 18.0 Å². The maximum Gasteiger partial charge on any atom is 0.486 e. The maximum absolute atomic E-state index is 13.1. The molecule has 3 rings (SSSR count). The summed E-state index contributed by atoms with van der Waals surface area (Å²) in [7, 11) is -0.814. The van der Waals surface area contributed by atoms with E-state index >= 15 is 0 Å². The summed E-state index contributed by atoms with van der Waals surface area (Å²) < 4.78 is 51.8. The number of benzene rings is 2. The van der Waals surface area contributed by atoms with Crippen LogP contribution in [0.4, 0.5) is 13.2 Å². The molecule has 9 heteroatoms. The lowest BCUT2D eigenvalue weighted by Gasteiger charge is -2.32. The number of amides is 1. The number of rotatable bonds is 4. The molecule has 160 valence electrons. The second-order valence-corrected chi connectivity index (χ2v) is 9.03. The Hall–Kier alpha value is -1.84. The zero-order chi connectivity index (χ0) is 22.3. The molecule has 1 aliphatic heterocycles. The lowest BCUT2D eigenvalue weighted by Crippen LogP contribution is -2.41. The molecule has 1 saturated heterocycles. The van der Waals surface area contributed by atoms with Crippen LogP contribution in [0.1, 0.15) is 55.1 Å². The molecule has 0 bridgehead atoms. The van der Waals surface area contributed by atoms with Gasteiger partial charge in [0.15, 0.2) is 0 Å². The van der Waals surface area contributed by atoms with E-state index in [4.69, 9.17) is 9.31 Å². The summed E-state index contributed by atoms with van der Waals surface area (Å²) in [6.45, 7) is 7.56. The van der Waals surface area contributed by atoms with Crippen LogP contribution >= 0.6 is 15.9 Å². The van der Waals surface area contributed by atoms with Crippen molar-refractivity contribution in [3.05, 3.63) is 69.7 Å². The minimum Gasteiger partial charge on any atom is -0.402 e. The third-order valence-corrected chi connectivity index (χ3v) is 6.22. The summed E-state index contributed by atoms with van der Waals surface area (Å²) in [4.78, 5) is 13.0. The fourth-order valence-electron chi connectivity index (χ4n) is 3.09. The molecule has 1 N–H and O–H groups in total. The summed E-state index contributed by atoms with van der Waals surface area (Å²) >= 11 is 3.17. The van der Waals surface area contributed by atoms with Crippen LogP contribution in [0, 0.1) is 0 Å². The highest BCUT2D eigenvalue weighted by atomic mass is 79.9. The largest absolute Gasteiger partial charge is 0.486 e. The van der Waals surface area contributed by atoms with E-state index in [0.29, 0.717) is 5.56 Å². The lowest BCUT2D eigenvalue weighted by molar-refractivity contribution is -0.137. The van der Waals surface area contributed by atoms with Crippen molar-refractivity contribution in [3.63, 3.8) is 0 Å². The molecule has 1 amide bonds. The van der Waals surface area contributed by atoms with Crippen LogP contribution in [0.3, 0.4) is 0 Å². The van der Waals surface area contributed by atoms with Crippen LogP contribution < -0.4 is 5.32 Å². The van der Waals surface area contributed by atoms with Gasteiger partial charge in [-0.3, -0.25) is 4.79 Å². The Labute approximate surface area is 182 Å². The van der Waals surface area contributed by atoms with E-state index in [1.807, 2.05) is 33.8 Å². The predicted octanol–water partition coefficient (Wildman–Crippen LogP) is 5.57. The zero-order valence-electron chi connectivity index (χ0n) is 17.0. The maximum atomic E-state index is 13.1. The summed E-state index contributed by atoms with van der Waals surface area (Å²) in [5.41, 5.74) is -1.57. The first-order chi connectivity index (χ1) is 13.8. The first-order valence-corrected chi connectivity index (χ1v) is 10.2. The van der Waals surface area contributed by atoms with Gasteiger partial charge in [-0.25, -0.2) is 0 Å². The van der Waals surface area contributed by atoms with Crippen molar-refractivity contribution in [3.8, 4) is 0 Å². The molecule has 0 spiro atoms. The second-order valence-electron chi connectivity index (χ2n) is 8.18. The number of halogens is 4. The number of alkyl halides is 3. The van der Waals surface area contributed by atoms with E-state index in [1.165, 1.54) is 6.07 Å². The predicted molar refractivity (Wildman–Crippen MR) is 112 cm³/mol. The Bertz CT molecular complexity index is 919. The van der Waals surface area contributed by atoms with Gasteiger partial charge in [-0.15, -0.1) is 0 Å². The van der Waals surface area contributed by atoms with Crippen molar-refractivity contribution in [1.29, 1.82) is 0 Å². The SMILES string of the molecule is CC1(C)OB([C@@H](NC(=O)c2cc(C(F)(F)F)ccc2Br)c2ccccc2)OC1(C)C. The number of carbonyl (C=O) groups excluding carboxylic acids is 1. The molecular formula is C21H22BBrF3NO3. The van der Waals surface area contributed by atoms with Crippen molar-refractivity contribution in [2.75, 3.05) is 0 Å². The third-order valence-electron chi connectivity index (χ3n) is 5.53. The molecule has 2 aromatic rings. The molecule has 0 aromatic heterocycles. The number of nitrogens with one attached hydrogen (secondary N) is 1. The first-order valence-electron chi connectivity index (χ1n) is 9.40. The van der Waals surface area contributed by atoms with Crippen LogP contribution in [0.15, 0.2) is 53.0 Å². The van der Waals surface area contributed by atoms with E-state index in [0.717, 1.165) is 12.1 Å². The molecule has 1 atom stereocenters. The Balaban J connectivity index is 1.94. The van der Waals surface area contributed by atoms with Gasteiger partial charge in [0.25, 0.3) is 5.91 Å². The smallest absolute Gasteiger partial charge is 0.402 e. The first kappa shape index (κ1) is 22.8. The summed E-state index contributed by atoms with van der Waals surface area (Å²) in [5, 5.41) is 2.80. The number of hydrogen-bond acceptors (Lipinski definition) is 3. The molecule has 0 radical (unpaired) electrons. The van der Waals surface area contributed by atoms with Gasteiger partial charge in [0.2, 0.25) is 0 Å². The Kier molecular flexibility index (Phi) is 6.10. The van der Waals surface area contributed by atoms with Gasteiger partial charge in [-0.2, -0.15) is 13.2 Å². The highest BCUT2D eigenvalue weighted by Gasteiger charge is 2.54. The molecule has 1 heterocycles. The van der Waals surface area contributed by atoms with Crippen molar-refractivity contribution < 1.29 is 27.3 Å². The van der Waals surface area contributed by atoms with Gasteiger partial charge in [0.1, 0.15) is 0 Å². The Morgan fingerprint density at radius 1 is 1.03 bits per heavy atom. The zero-order valence-corrected chi connectivity index (χ0v) is 18.6. The van der Waals surface area contributed by atoms with E-state index in [2.05, 4.69) is 21.2 Å². The molecule has 0 saturated carbocycles. The number of carbonyl (C=O) groups is 1.